The van der Waals surface area contributed by atoms with E-state index in [1.807, 2.05) is 36.5 Å². The van der Waals surface area contributed by atoms with Crippen LogP contribution in [0.5, 0.6) is 5.75 Å². The van der Waals surface area contributed by atoms with Gasteiger partial charge < -0.3 is 10.1 Å². The van der Waals surface area contributed by atoms with Crippen LogP contribution in [0.15, 0.2) is 30.5 Å². The molecule has 0 aliphatic rings. The lowest BCUT2D eigenvalue weighted by Gasteiger charge is -2.07. The summed E-state index contributed by atoms with van der Waals surface area (Å²) < 4.78 is 5.26. The molecule has 1 aromatic carbocycles. The number of hydrogen-bond donors (Lipinski definition) is 1. The maximum absolute atomic E-state index is 8.48. The van der Waals surface area contributed by atoms with Gasteiger partial charge in [-0.05, 0) is 18.6 Å². The zero-order valence-corrected chi connectivity index (χ0v) is 11.5. The molecule has 1 heterocycles. The van der Waals surface area contributed by atoms with Gasteiger partial charge in [0.2, 0.25) is 0 Å². The quantitative estimate of drug-likeness (QED) is 0.878. The van der Waals surface area contributed by atoms with Crippen molar-refractivity contribution in [3.63, 3.8) is 0 Å². The Hall–Kier alpha value is -2.06. The van der Waals surface area contributed by atoms with E-state index in [0.29, 0.717) is 5.75 Å². The van der Waals surface area contributed by atoms with E-state index in [9.17, 15) is 0 Å². The van der Waals surface area contributed by atoms with E-state index in [1.165, 1.54) is 4.88 Å². The van der Waals surface area contributed by atoms with Crippen LogP contribution in [0.25, 0.3) is 0 Å². The van der Waals surface area contributed by atoms with Crippen LogP contribution in [0.2, 0.25) is 0 Å². The molecule has 1 N–H and O–H groups in total. The van der Waals surface area contributed by atoms with Gasteiger partial charge in [-0.25, -0.2) is 4.98 Å². The fourth-order valence-electron chi connectivity index (χ4n) is 1.59. The van der Waals surface area contributed by atoms with Gasteiger partial charge in [0.1, 0.15) is 11.8 Å². The summed E-state index contributed by atoms with van der Waals surface area (Å²) in [4.78, 5) is 5.53. The normalized spacial score (nSPS) is 9.89. The zero-order valence-electron chi connectivity index (χ0n) is 10.7. The van der Waals surface area contributed by atoms with Crippen LogP contribution < -0.4 is 10.1 Å². The molecule has 0 unspecified atom stereocenters. The Morgan fingerprint density at radius 2 is 2.37 bits per heavy atom. The summed E-state index contributed by atoms with van der Waals surface area (Å²) in [6, 6.07) is 9.55. The first kappa shape index (κ1) is 13.4. The van der Waals surface area contributed by atoms with Gasteiger partial charge >= 0.3 is 0 Å². The van der Waals surface area contributed by atoms with Crippen LogP contribution in [-0.2, 0) is 13.0 Å². The number of anilines is 1. The number of aryl methyl sites for hydroxylation is 1. The molecule has 0 saturated carbocycles. The molecule has 0 saturated heterocycles. The van der Waals surface area contributed by atoms with Gasteiger partial charge in [0.25, 0.3) is 0 Å². The van der Waals surface area contributed by atoms with Crippen LogP contribution >= 0.6 is 11.3 Å². The predicted molar refractivity (Wildman–Crippen MR) is 76.4 cm³/mol. The third-order valence-corrected chi connectivity index (χ3v) is 3.65. The third kappa shape index (κ3) is 3.97. The highest BCUT2D eigenvalue weighted by molar-refractivity contribution is 7.11. The lowest BCUT2D eigenvalue weighted by atomic mass is 10.3. The summed E-state index contributed by atoms with van der Waals surface area (Å²) in [6.07, 6.45) is 2.88. The molecule has 0 fully saturated rings. The average molecular weight is 273 g/mol. The Morgan fingerprint density at radius 1 is 1.47 bits per heavy atom. The molecule has 19 heavy (non-hydrogen) atoms. The molecule has 0 amide bonds. The minimum Gasteiger partial charge on any atom is -0.479 e. The summed E-state index contributed by atoms with van der Waals surface area (Å²) in [5.74, 6) is 0.699. The highest BCUT2D eigenvalue weighted by Crippen LogP contribution is 2.19. The summed E-state index contributed by atoms with van der Waals surface area (Å²) in [7, 11) is 0. The smallest absolute Gasteiger partial charge is 0.174 e. The highest BCUT2D eigenvalue weighted by Gasteiger charge is 2.01. The van der Waals surface area contributed by atoms with Crippen molar-refractivity contribution in [2.24, 2.45) is 0 Å². The lowest BCUT2D eigenvalue weighted by Crippen LogP contribution is -1.98. The first-order valence-electron chi connectivity index (χ1n) is 6.09. The van der Waals surface area contributed by atoms with E-state index in [1.54, 1.807) is 11.3 Å². The lowest BCUT2D eigenvalue weighted by molar-refractivity contribution is 0.368. The van der Waals surface area contributed by atoms with Crippen molar-refractivity contribution in [3.05, 3.63) is 40.3 Å². The standard InChI is InChI=1S/C14H15N3OS/c1-2-14-17-10-13(19-14)9-16-11-4-3-5-12(8-11)18-7-6-15/h3-5,8,10,16H,2,7,9H2,1H3. The fourth-order valence-corrected chi connectivity index (χ4v) is 2.40. The highest BCUT2D eigenvalue weighted by atomic mass is 32.1. The van der Waals surface area contributed by atoms with E-state index in [4.69, 9.17) is 10.00 Å². The van der Waals surface area contributed by atoms with Crippen LogP contribution in [0.1, 0.15) is 16.8 Å². The largest absolute Gasteiger partial charge is 0.479 e. The number of hydrogen-bond acceptors (Lipinski definition) is 5. The van der Waals surface area contributed by atoms with Gasteiger partial charge in [-0.15, -0.1) is 11.3 Å². The number of benzene rings is 1. The summed E-state index contributed by atoms with van der Waals surface area (Å²) >= 11 is 1.72. The van der Waals surface area contributed by atoms with Crippen LogP contribution in [0, 0.1) is 11.3 Å². The van der Waals surface area contributed by atoms with Crippen LogP contribution in [0.4, 0.5) is 5.69 Å². The summed E-state index contributed by atoms with van der Waals surface area (Å²) in [5, 5.41) is 13.0. The molecule has 0 atom stereocenters. The molecule has 4 nitrogen and oxygen atoms in total. The molecule has 98 valence electrons. The Labute approximate surface area is 116 Å². The minimum absolute atomic E-state index is 0.0676. The second-order valence-electron chi connectivity index (χ2n) is 3.90. The first-order valence-corrected chi connectivity index (χ1v) is 6.90. The number of rotatable bonds is 6. The third-order valence-electron chi connectivity index (χ3n) is 2.51. The van der Waals surface area contributed by atoms with Gasteiger partial charge in [0.05, 0.1) is 11.6 Å². The Morgan fingerprint density at radius 3 is 3.11 bits per heavy atom. The van der Waals surface area contributed by atoms with E-state index in [-0.39, 0.29) is 6.61 Å². The van der Waals surface area contributed by atoms with E-state index in [0.717, 1.165) is 23.7 Å². The molecular weight excluding hydrogens is 258 g/mol. The molecule has 0 aliphatic heterocycles. The maximum atomic E-state index is 8.48. The van der Waals surface area contributed by atoms with Crippen molar-refractivity contribution in [1.82, 2.24) is 4.98 Å². The maximum Gasteiger partial charge on any atom is 0.174 e. The molecule has 1 aromatic heterocycles. The van der Waals surface area contributed by atoms with E-state index >= 15 is 0 Å². The molecule has 0 radical (unpaired) electrons. The van der Waals surface area contributed by atoms with Crippen molar-refractivity contribution in [2.75, 3.05) is 11.9 Å². The second kappa shape index (κ2) is 6.76. The van der Waals surface area contributed by atoms with Crippen molar-refractivity contribution in [2.45, 2.75) is 19.9 Å². The monoisotopic (exact) mass is 273 g/mol. The molecule has 0 spiro atoms. The Bertz CT molecular complexity index is 574. The molecule has 0 bridgehead atoms. The average Bonchev–Trinajstić information content (AvgIpc) is 2.91. The zero-order chi connectivity index (χ0) is 13.5. The molecule has 0 aliphatic carbocycles. The van der Waals surface area contributed by atoms with Crippen molar-refractivity contribution >= 4 is 17.0 Å². The van der Waals surface area contributed by atoms with Crippen LogP contribution in [0.3, 0.4) is 0 Å². The SMILES string of the molecule is CCc1ncc(CNc2cccc(OCC#N)c2)s1. The van der Waals surface area contributed by atoms with Gasteiger partial charge in [0.15, 0.2) is 6.61 Å². The van der Waals surface area contributed by atoms with E-state index in [2.05, 4.69) is 17.2 Å². The number of nitriles is 1. The summed E-state index contributed by atoms with van der Waals surface area (Å²) in [6.45, 7) is 2.92. The number of thiazole rings is 1. The number of nitrogens with one attached hydrogen (secondary N) is 1. The molecule has 2 aromatic rings. The predicted octanol–water partition coefficient (Wildman–Crippen LogP) is 3.22. The topological polar surface area (TPSA) is 57.9 Å². The van der Waals surface area contributed by atoms with Gasteiger partial charge in [0, 0.05) is 22.8 Å². The van der Waals surface area contributed by atoms with E-state index < -0.39 is 0 Å². The molecule has 5 heteroatoms. The van der Waals surface area contributed by atoms with Crippen molar-refractivity contribution in [3.8, 4) is 11.8 Å². The van der Waals surface area contributed by atoms with Crippen molar-refractivity contribution < 1.29 is 4.74 Å². The fraction of sp³-hybridized carbons (Fsp3) is 0.286. The Kier molecular flexibility index (Phi) is 4.76. The Balaban J connectivity index is 1.93. The van der Waals surface area contributed by atoms with Gasteiger partial charge in [-0.3, -0.25) is 0 Å². The number of ether oxygens (including phenoxy) is 1. The second-order valence-corrected chi connectivity index (χ2v) is 5.10. The van der Waals surface area contributed by atoms with Crippen LogP contribution in [-0.4, -0.2) is 11.6 Å². The molecular formula is C14H15N3OS. The minimum atomic E-state index is 0.0676. The first-order chi connectivity index (χ1) is 9.31. The van der Waals surface area contributed by atoms with Gasteiger partial charge in [-0.2, -0.15) is 5.26 Å². The van der Waals surface area contributed by atoms with Gasteiger partial charge in [-0.1, -0.05) is 13.0 Å². The van der Waals surface area contributed by atoms with Crippen molar-refractivity contribution in [1.29, 1.82) is 5.26 Å². The molecule has 2 rings (SSSR count). The summed E-state index contributed by atoms with van der Waals surface area (Å²) in [5.41, 5.74) is 0.974. The number of nitrogens with zero attached hydrogens (tertiary/aromatic N) is 2. The number of aromatic nitrogens is 1.